The molecular formula is C45H34N4. The molecule has 2 N–H and O–H groups in total. The van der Waals surface area contributed by atoms with Crippen LogP contribution >= 0.6 is 0 Å². The summed E-state index contributed by atoms with van der Waals surface area (Å²) in [5.74, 6) is 0.858. The van der Waals surface area contributed by atoms with Crippen LogP contribution in [0, 0.1) is 0 Å². The number of aliphatic imine (C=N–C) groups is 1. The van der Waals surface area contributed by atoms with E-state index in [0.29, 0.717) is 0 Å². The molecule has 2 atom stereocenters. The standard InChI is InChI=1S/C45H34N4/c1-6-16-31(17-7-1)36-26-27-41-39(28-36)40-30-37(32-18-8-2-9-19-32)29-38(33-20-10-3-11-21-33)42(40)49(41)45-47-43(34-22-12-4-13-23-34)46-44(48-45)35-24-14-5-15-25-35/h1-30,43,45,47H,(H,46,48). The number of hydrogen-bond donors (Lipinski definition) is 2. The van der Waals surface area contributed by atoms with Gasteiger partial charge in [0.05, 0.1) is 11.0 Å². The zero-order valence-electron chi connectivity index (χ0n) is 26.9. The summed E-state index contributed by atoms with van der Waals surface area (Å²) in [5, 5.41) is 9.99. The summed E-state index contributed by atoms with van der Waals surface area (Å²) in [5.41, 5.74) is 11.6. The Kier molecular flexibility index (Phi) is 7.34. The summed E-state index contributed by atoms with van der Waals surface area (Å²) in [6.07, 6.45) is -0.548. The van der Waals surface area contributed by atoms with Crippen LogP contribution < -0.4 is 10.6 Å². The minimum atomic E-state index is -0.394. The molecule has 49 heavy (non-hydrogen) atoms. The van der Waals surface area contributed by atoms with Crippen molar-refractivity contribution in [2.24, 2.45) is 4.99 Å². The van der Waals surface area contributed by atoms with Gasteiger partial charge in [-0.15, -0.1) is 0 Å². The Hall–Kier alpha value is -6.23. The summed E-state index contributed by atoms with van der Waals surface area (Å²) < 4.78 is 2.41. The average Bonchev–Trinajstić information content (AvgIpc) is 3.53. The van der Waals surface area contributed by atoms with Crippen LogP contribution in [-0.4, -0.2) is 10.4 Å². The number of hydrogen-bond acceptors (Lipinski definition) is 3. The molecule has 7 aromatic carbocycles. The van der Waals surface area contributed by atoms with Crippen molar-refractivity contribution in [3.63, 3.8) is 0 Å². The second-order valence-electron chi connectivity index (χ2n) is 12.5. The SMILES string of the molecule is c1ccc(C2=NC(n3c4ccc(-c5ccccc5)cc4c4cc(-c5ccccc5)cc(-c5ccccc5)c43)NC(c3ccccc3)N2)cc1. The number of amidine groups is 1. The Labute approximate surface area is 286 Å². The Bertz CT molecular complexity index is 2420. The molecule has 0 saturated carbocycles. The van der Waals surface area contributed by atoms with Crippen LogP contribution in [0.3, 0.4) is 0 Å². The normalized spacial score (nSPS) is 16.0. The number of aromatic nitrogens is 1. The molecule has 9 rings (SSSR count). The Morgan fingerprint density at radius 3 is 1.61 bits per heavy atom. The first-order valence-electron chi connectivity index (χ1n) is 16.8. The van der Waals surface area contributed by atoms with Gasteiger partial charge in [0.15, 0.2) is 6.29 Å². The molecule has 0 spiro atoms. The van der Waals surface area contributed by atoms with Crippen LogP contribution in [0.1, 0.15) is 23.6 Å². The third kappa shape index (κ3) is 5.38. The quantitative estimate of drug-likeness (QED) is 0.192. The van der Waals surface area contributed by atoms with Gasteiger partial charge >= 0.3 is 0 Å². The second-order valence-corrected chi connectivity index (χ2v) is 12.5. The van der Waals surface area contributed by atoms with E-state index < -0.39 is 6.29 Å². The van der Waals surface area contributed by atoms with E-state index in [1.807, 2.05) is 6.07 Å². The molecule has 1 aliphatic rings. The Morgan fingerprint density at radius 2 is 0.980 bits per heavy atom. The average molecular weight is 631 g/mol. The van der Waals surface area contributed by atoms with Crippen LogP contribution in [0.2, 0.25) is 0 Å². The van der Waals surface area contributed by atoms with E-state index in [4.69, 9.17) is 4.99 Å². The summed E-state index contributed by atoms with van der Waals surface area (Å²) >= 11 is 0. The van der Waals surface area contributed by atoms with E-state index in [2.05, 4.69) is 191 Å². The van der Waals surface area contributed by atoms with Crippen molar-refractivity contribution >= 4 is 27.6 Å². The van der Waals surface area contributed by atoms with Crippen molar-refractivity contribution in [2.75, 3.05) is 0 Å². The smallest absolute Gasteiger partial charge is 0.184 e. The first-order chi connectivity index (χ1) is 24.3. The van der Waals surface area contributed by atoms with Crippen molar-refractivity contribution in [3.05, 3.63) is 193 Å². The van der Waals surface area contributed by atoms with Gasteiger partial charge in [0.1, 0.15) is 12.0 Å². The predicted molar refractivity (Wildman–Crippen MR) is 203 cm³/mol. The van der Waals surface area contributed by atoms with Crippen molar-refractivity contribution in [2.45, 2.75) is 12.5 Å². The highest BCUT2D eigenvalue weighted by Crippen LogP contribution is 2.43. The molecule has 4 nitrogen and oxygen atoms in total. The Balaban J connectivity index is 1.36. The first kappa shape index (κ1) is 29.0. The monoisotopic (exact) mass is 630 g/mol. The molecule has 0 fully saturated rings. The summed E-state index contributed by atoms with van der Waals surface area (Å²) in [6, 6.07) is 64.6. The lowest BCUT2D eigenvalue weighted by atomic mass is 9.95. The van der Waals surface area contributed by atoms with E-state index in [-0.39, 0.29) is 6.17 Å². The number of nitrogens with one attached hydrogen (secondary N) is 2. The lowest BCUT2D eigenvalue weighted by Gasteiger charge is -2.33. The molecule has 0 amide bonds. The van der Waals surface area contributed by atoms with Gasteiger partial charge in [0.2, 0.25) is 0 Å². The maximum Gasteiger partial charge on any atom is 0.184 e. The maximum atomic E-state index is 5.42. The molecule has 1 aromatic heterocycles. The number of benzene rings is 7. The molecule has 0 bridgehead atoms. The fourth-order valence-electron chi connectivity index (χ4n) is 7.12. The topological polar surface area (TPSA) is 41.4 Å². The summed E-state index contributed by atoms with van der Waals surface area (Å²) in [6.45, 7) is 0. The first-order valence-corrected chi connectivity index (χ1v) is 16.8. The molecule has 1 aliphatic heterocycles. The van der Waals surface area contributed by atoms with Crippen molar-refractivity contribution in [1.29, 1.82) is 0 Å². The summed E-state index contributed by atoms with van der Waals surface area (Å²) in [7, 11) is 0. The number of fused-ring (bicyclic) bond motifs is 3. The van der Waals surface area contributed by atoms with E-state index >= 15 is 0 Å². The molecule has 2 unspecified atom stereocenters. The van der Waals surface area contributed by atoms with Gasteiger partial charge in [0.25, 0.3) is 0 Å². The van der Waals surface area contributed by atoms with E-state index in [1.54, 1.807) is 0 Å². The lowest BCUT2D eigenvalue weighted by Crippen LogP contribution is -2.46. The van der Waals surface area contributed by atoms with Crippen LogP contribution in [0.4, 0.5) is 0 Å². The maximum absolute atomic E-state index is 5.42. The van der Waals surface area contributed by atoms with Gasteiger partial charge in [-0.2, -0.15) is 0 Å². The minimum absolute atomic E-state index is 0.154. The van der Waals surface area contributed by atoms with E-state index in [0.717, 1.165) is 28.0 Å². The molecule has 8 aromatic rings. The molecule has 2 heterocycles. The molecule has 0 radical (unpaired) electrons. The van der Waals surface area contributed by atoms with Gasteiger partial charge in [-0.1, -0.05) is 158 Å². The molecule has 4 heteroatoms. The van der Waals surface area contributed by atoms with Crippen molar-refractivity contribution in [3.8, 4) is 33.4 Å². The van der Waals surface area contributed by atoms with Crippen LogP contribution in [0.25, 0.3) is 55.2 Å². The van der Waals surface area contributed by atoms with Crippen molar-refractivity contribution < 1.29 is 0 Å². The highest BCUT2D eigenvalue weighted by Gasteiger charge is 2.29. The molecule has 234 valence electrons. The van der Waals surface area contributed by atoms with Crippen LogP contribution in [0.15, 0.2) is 187 Å². The summed E-state index contributed by atoms with van der Waals surface area (Å²) in [4.78, 5) is 5.42. The third-order valence-electron chi connectivity index (χ3n) is 9.47. The minimum Gasteiger partial charge on any atom is -0.350 e. The van der Waals surface area contributed by atoms with Gasteiger partial charge in [-0.3, -0.25) is 5.32 Å². The zero-order valence-corrected chi connectivity index (χ0v) is 26.9. The fourth-order valence-corrected chi connectivity index (χ4v) is 7.12. The lowest BCUT2D eigenvalue weighted by molar-refractivity contribution is 0.341. The molecule has 0 aliphatic carbocycles. The third-order valence-corrected chi connectivity index (χ3v) is 9.47. The number of nitrogens with zero attached hydrogens (tertiary/aromatic N) is 2. The Morgan fingerprint density at radius 1 is 0.449 bits per heavy atom. The van der Waals surface area contributed by atoms with Crippen LogP contribution in [-0.2, 0) is 0 Å². The van der Waals surface area contributed by atoms with Crippen LogP contribution in [0.5, 0.6) is 0 Å². The van der Waals surface area contributed by atoms with E-state index in [9.17, 15) is 0 Å². The highest BCUT2D eigenvalue weighted by atomic mass is 15.4. The molecule has 0 saturated heterocycles. The van der Waals surface area contributed by atoms with E-state index in [1.165, 1.54) is 44.2 Å². The highest BCUT2D eigenvalue weighted by molar-refractivity contribution is 6.15. The largest absolute Gasteiger partial charge is 0.350 e. The fraction of sp³-hybridized carbons (Fsp3) is 0.0444. The van der Waals surface area contributed by atoms with Crippen molar-refractivity contribution in [1.82, 2.24) is 15.2 Å². The van der Waals surface area contributed by atoms with Gasteiger partial charge < -0.3 is 9.88 Å². The molecular weight excluding hydrogens is 597 g/mol. The van der Waals surface area contributed by atoms with Gasteiger partial charge in [-0.25, -0.2) is 4.99 Å². The predicted octanol–water partition coefficient (Wildman–Crippen LogP) is 10.6. The van der Waals surface area contributed by atoms with Gasteiger partial charge in [0, 0.05) is 21.9 Å². The van der Waals surface area contributed by atoms with Gasteiger partial charge in [-0.05, 0) is 57.6 Å². The second kappa shape index (κ2) is 12.4. The number of rotatable bonds is 6. The zero-order chi connectivity index (χ0) is 32.6.